The topological polar surface area (TPSA) is 63.4 Å². The van der Waals surface area contributed by atoms with Gasteiger partial charge in [-0.2, -0.15) is 0 Å². The summed E-state index contributed by atoms with van der Waals surface area (Å²) in [5.41, 5.74) is 8.71. The molecule has 2 atom stereocenters. The van der Waals surface area contributed by atoms with Crippen LogP contribution in [0.3, 0.4) is 0 Å². The summed E-state index contributed by atoms with van der Waals surface area (Å²) in [5, 5.41) is 0. The summed E-state index contributed by atoms with van der Waals surface area (Å²) in [6, 6.07) is 8.49. The molecule has 1 saturated heterocycles. The number of rotatable bonds is 4. The zero-order valence-electron chi connectivity index (χ0n) is 12.2. The van der Waals surface area contributed by atoms with Crippen LogP contribution in [-0.4, -0.2) is 44.0 Å². The van der Waals surface area contributed by atoms with Gasteiger partial charge in [-0.05, 0) is 18.9 Å². The van der Waals surface area contributed by atoms with E-state index in [0.717, 1.165) is 6.42 Å². The molecule has 2 rings (SSSR count). The lowest BCUT2D eigenvalue weighted by molar-refractivity contribution is 0.183. The van der Waals surface area contributed by atoms with E-state index in [-0.39, 0.29) is 23.6 Å². The zero-order chi connectivity index (χ0) is 14.8. The molecule has 0 amide bonds. The second kappa shape index (κ2) is 6.24. The Morgan fingerprint density at radius 1 is 1.30 bits per heavy atom. The van der Waals surface area contributed by atoms with Gasteiger partial charge in [0, 0.05) is 25.2 Å². The minimum Gasteiger partial charge on any atom is -0.326 e. The van der Waals surface area contributed by atoms with Crippen LogP contribution in [0.2, 0.25) is 0 Å². The van der Waals surface area contributed by atoms with Crippen molar-refractivity contribution in [3.05, 3.63) is 35.4 Å². The van der Waals surface area contributed by atoms with E-state index in [2.05, 4.69) is 36.9 Å². The molecular formula is C15H24N2O2S. The highest BCUT2D eigenvalue weighted by Crippen LogP contribution is 2.27. The Hall–Kier alpha value is -0.910. The van der Waals surface area contributed by atoms with Gasteiger partial charge in [-0.1, -0.05) is 36.8 Å². The predicted molar refractivity (Wildman–Crippen MR) is 82.4 cm³/mol. The summed E-state index contributed by atoms with van der Waals surface area (Å²) in [6.07, 6.45) is 0.877. The molecule has 112 valence electrons. The first-order valence-corrected chi connectivity index (χ1v) is 9.01. The Morgan fingerprint density at radius 2 is 1.95 bits per heavy atom. The van der Waals surface area contributed by atoms with Crippen molar-refractivity contribution in [2.24, 2.45) is 5.73 Å². The number of hydrogen-bond donors (Lipinski definition) is 1. The van der Waals surface area contributed by atoms with E-state index in [4.69, 9.17) is 5.73 Å². The van der Waals surface area contributed by atoms with Gasteiger partial charge >= 0.3 is 0 Å². The Balaban J connectivity index is 2.25. The summed E-state index contributed by atoms with van der Waals surface area (Å²) in [7, 11) is -2.85. The van der Waals surface area contributed by atoms with Crippen LogP contribution in [0.1, 0.15) is 30.5 Å². The van der Waals surface area contributed by atoms with Crippen molar-refractivity contribution in [1.29, 1.82) is 0 Å². The summed E-state index contributed by atoms with van der Waals surface area (Å²) in [5.74, 6) is 0.484. The van der Waals surface area contributed by atoms with Crippen molar-refractivity contribution in [1.82, 2.24) is 4.90 Å². The molecular weight excluding hydrogens is 272 g/mol. The van der Waals surface area contributed by atoms with E-state index in [1.165, 1.54) is 11.1 Å². The number of aryl methyl sites for hydroxylation is 1. The molecule has 0 aromatic heterocycles. The van der Waals surface area contributed by atoms with E-state index in [0.29, 0.717) is 13.1 Å². The van der Waals surface area contributed by atoms with Crippen LogP contribution in [0.5, 0.6) is 0 Å². The van der Waals surface area contributed by atoms with Crippen LogP contribution in [-0.2, 0) is 9.84 Å². The standard InChI is InChI=1S/C15H24N2O2S/c1-3-14(16)15(13-6-4-5-12(2)11-13)17-7-9-20(18,19)10-8-17/h4-6,11,14-15H,3,7-10,16H2,1-2H3. The average molecular weight is 296 g/mol. The number of nitrogens with two attached hydrogens (primary N) is 1. The first-order valence-electron chi connectivity index (χ1n) is 7.19. The van der Waals surface area contributed by atoms with Gasteiger partial charge in [0.05, 0.1) is 11.5 Å². The lowest BCUT2D eigenvalue weighted by Gasteiger charge is -2.38. The lowest BCUT2D eigenvalue weighted by Crippen LogP contribution is -2.48. The second-order valence-electron chi connectivity index (χ2n) is 5.62. The molecule has 1 heterocycles. The molecule has 0 saturated carbocycles. The third-order valence-corrected chi connectivity index (χ3v) is 5.64. The Labute approximate surface area is 121 Å². The fourth-order valence-electron chi connectivity index (χ4n) is 2.81. The largest absolute Gasteiger partial charge is 0.326 e. The summed E-state index contributed by atoms with van der Waals surface area (Å²) in [4.78, 5) is 2.23. The fraction of sp³-hybridized carbons (Fsp3) is 0.600. The molecule has 0 radical (unpaired) electrons. The first-order chi connectivity index (χ1) is 9.43. The molecule has 1 aliphatic rings. The van der Waals surface area contributed by atoms with E-state index in [1.807, 2.05) is 6.07 Å². The fourth-order valence-corrected chi connectivity index (χ4v) is 4.04. The normalized spacial score (nSPS) is 22.4. The molecule has 2 N–H and O–H groups in total. The van der Waals surface area contributed by atoms with E-state index in [9.17, 15) is 8.42 Å². The van der Waals surface area contributed by atoms with E-state index in [1.54, 1.807) is 0 Å². The van der Waals surface area contributed by atoms with E-state index >= 15 is 0 Å². The number of nitrogens with zero attached hydrogens (tertiary/aromatic N) is 1. The van der Waals surface area contributed by atoms with Gasteiger partial charge in [-0.15, -0.1) is 0 Å². The van der Waals surface area contributed by atoms with Crippen molar-refractivity contribution in [3.63, 3.8) is 0 Å². The smallest absolute Gasteiger partial charge is 0.152 e. The number of benzene rings is 1. The maximum absolute atomic E-state index is 11.6. The van der Waals surface area contributed by atoms with Gasteiger partial charge < -0.3 is 5.73 Å². The molecule has 5 heteroatoms. The second-order valence-corrected chi connectivity index (χ2v) is 7.92. The predicted octanol–water partition coefficient (Wildman–Crippen LogP) is 1.50. The summed E-state index contributed by atoms with van der Waals surface area (Å²) < 4.78 is 23.2. The lowest BCUT2D eigenvalue weighted by atomic mass is 9.95. The zero-order valence-corrected chi connectivity index (χ0v) is 13.1. The maximum Gasteiger partial charge on any atom is 0.152 e. The first kappa shape index (κ1) is 15.5. The van der Waals surface area contributed by atoms with Gasteiger partial charge in [0.2, 0.25) is 0 Å². The van der Waals surface area contributed by atoms with Crippen molar-refractivity contribution in [3.8, 4) is 0 Å². The van der Waals surface area contributed by atoms with Gasteiger partial charge in [-0.25, -0.2) is 8.42 Å². The molecule has 4 nitrogen and oxygen atoms in total. The van der Waals surface area contributed by atoms with Crippen LogP contribution in [0.4, 0.5) is 0 Å². The molecule has 0 aliphatic carbocycles. The van der Waals surface area contributed by atoms with Gasteiger partial charge in [0.25, 0.3) is 0 Å². The molecule has 1 aromatic rings. The van der Waals surface area contributed by atoms with Crippen LogP contribution in [0.25, 0.3) is 0 Å². The van der Waals surface area contributed by atoms with Crippen molar-refractivity contribution >= 4 is 9.84 Å². The Bertz CT molecular complexity index is 543. The highest BCUT2D eigenvalue weighted by atomic mass is 32.2. The quantitative estimate of drug-likeness (QED) is 0.914. The molecule has 2 unspecified atom stereocenters. The van der Waals surface area contributed by atoms with Gasteiger partial charge in [0.15, 0.2) is 9.84 Å². The molecule has 20 heavy (non-hydrogen) atoms. The van der Waals surface area contributed by atoms with Crippen molar-refractivity contribution in [2.45, 2.75) is 32.4 Å². The molecule has 0 spiro atoms. The average Bonchev–Trinajstić information content (AvgIpc) is 2.41. The number of hydrogen-bond acceptors (Lipinski definition) is 4. The Morgan fingerprint density at radius 3 is 2.50 bits per heavy atom. The minimum atomic E-state index is -2.85. The molecule has 1 fully saturated rings. The Kier molecular flexibility index (Phi) is 4.83. The maximum atomic E-state index is 11.6. The minimum absolute atomic E-state index is 0.0256. The SMILES string of the molecule is CCC(N)C(c1cccc(C)c1)N1CCS(=O)(=O)CC1. The van der Waals surface area contributed by atoms with E-state index < -0.39 is 9.84 Å². The third kappa shape index (κ3) is 3.59. The highest BCUT2D eigenvalue weighted by Gasteiger charge is 2.30. The molecule has 1 aromatic carbocycles. The van der Waals surface area contributed by atoms with Crippen molar-refractivity contribution in [2.75, 3.05) is 24.6 Å². The van der Waals surface area contributed by atoms with Crippen LogP contribution >= 0.6 is 0 Å². The van der Waals surface area contributed by atoms with Gasteiger partial charge in [-0.3, -0.25) is 4.90 Å². The third-order valence-electron chi connectivity index (χ3n) is 4.03. The monoisotopic (exact) mass is 296 g/mol. The van der Waals surface area contributed by atoms with Crippen LogP contribution in [0.15, 0.2) is 24.3 Å². The van der Waals surface area contributed by atoms with Crippen molar-refractivity contribution < 1.29 is 8.42 Å². The summed E-state index contributed by atoms with van der Waals surface area (Å²) in [6.45, 7) is 5.30. The molecule has 1 aliphatic heterocycles. The molecule has 0 bridgehead atoms. The summed E-state index contributed by atoms with van der Waals surface area (Å²) >= 11 is 0. The van der Waals surface area contributed by atoms with Crippen LogP contribution < -0.4 is 5.73 Å². The number of sulfone groups is 1. The highest BCUT2D eigenvalue weighted by molar-refractivity contribution is 7.91. The van der Waals surface area contributed by atoms with Gasteiger partial charge in [0.1, 0.15) is 0 Å². The van der Waals surface area contributed by atoms with Crippen LogP contribution in [0, 0.1) is 6.92 Å².